The average molecular weight is 281 g/mol. The van der Waals surface area contributed by atoms with Gasteiger partial charge in [-0.3, -0.25) is 9.59 Å². The van der Waals surface area contributed by atoms with Crippen LogP contribution in [0.1, 0.15) is 18.9 Å². The first kappa shape index (κ1) is 15.8. The van der Waals surface area contributed by atoms with Crippen LogP contribution < -0.4 is 14.8 Å². The first-order valence-corrected chi connectivity index (χ1v) is 6.20. The minimum Gasteiger partial charge on any atom is -0.497 e. The van der Waals surface area contributed by atoms with Gasteiger partial charge in [0.25, 0.3) is 0 Å². The summed E-state index contributed by atoms with van der Waals surface area (Å²) >= 11 is 0. The first-order chi connectivity index (χ1) is 9.46. The van der Waals surface area contributed by atoms with Crippen LogP contribution in [0.25, 0.3) is 0 Å². The molecule has 0 heterocycles. The number of hydrogen-bond acceptors (Lipinski definition) is 4. The van der Waals surface area contributed by atoms with Crippen molar-refractivity contribution in [3.05, 3.63) is 23.8 Å². The van der Waals surface area contributed by atoms with E-state index in [1.807, 2.05) is 12.1 Å². The van der Waals surface area contributed by atoms with Crippen molar-refractivity contribution < 1.29 is 24.2 Å². The molecule has 1 aromatic carbocycles. The molecule has 20 heavy (non-hydrogen) atoms. The summed E-state index contributed by atoms with van der Waals surface area (Å²) in [4.78, 5) is 22.2. The first-order valence-electron chi connectivity index (χ1n) is 6.20. The Morgan fingerprint density at radius 3 is 2.20 bits per heavy atom. The van der Waals surface area contributed by atoms with Crippen molar-refractivity contribution in [3.8, 4) is 11.5 Å². The van der Waals surface area contributed by atoms with Crippen molar-refractivity contribution in [2.75, 3.05) is 14.2 Å². The molecule has 0 fully saturated rings. The zero-order valence-corrected chi connectivity index (χ0v) is 11.8. The summed E-state index contributed by atoms with van der Waals surface area (Å²) in [6.45, 7) is 1.43. The number of carbonyl (C=O) groups is 2. The monoisotopic (exact) mass is 281 g/mol. The van der Waals surface area contributed by atoms with Crippen molar-refractivity contribution in [3.63, 3.8) is 0 Å². The van der Waals surface area contributed by atoms with Crippen LogP contribution in [0.15, 0.2) is 18.2 Å². The van der Waals surface area contributed by atoms with Gasteiger partial charge in [-0.05, 0) is 31.0 Å². The number of rotatable bonds is 7. The number of carbonyl (C=O) groups excluding carboxylic acids is 1. The standard InChI is InChI=1S/C14H19NO5/c1-9(14(17)18)15-13(16)5-4-10-6-11(19-2)8-12(7-10)20-3/h6-9H,4-5H2,1-3H3,(H,15,16)(H,17,18). The Labute approximate surface area is 117 Å². The lowest BCUT2D eigenvalue weighted by Gasteiger charge is -2.10. The van der Waals surface area contributed by atoms with E-state index in [-0.39, 0.29) is 12.3 Å². The van der Waals surface area contributed by atoms with E-state index in [0.29, 0.717) is 17.9 Å². The number of hydrogen-bond donors (Lipinski definition) is 2. The summed E-state index contributed by atoms with van der Waals surface area (Å²) in [5.74, 6) is -0.0552. The van der Waals surface area contributed by atoms with Crippen LogP contribution in [0.2, 0.25) is 0 Å². The number of ether oxygens (including phenoxy) is 2. The summed E-state index contributed by atoms with van der Waals surface area (Å²) in [7, 11) is 3.11. The van der Waals surface area contributed by atoms with E-state index in [1.165, 1.54) is 6.92 Å². The SMILES string of the molecule is COc1cc(CCC(=O)NC(C)C(=O)O)cc(OC)c1. The molecule has 6 heteroatoms. The summed E-state index contributed by atoms with van der Waals surface area (Å²) in [6, 6.07) is 4.49. The van der Waals surface area contributed by atoms with E-state index in [2.05, 4.69) is 5.32 Å². The van der Waals surface area contributed by atoms with Crippen LogP contribution in [0.4, 0.5) is 0 Å². The molecule has 2 N–H and O–H groups in total. The Morgan fingerprint density at radius 1 is 1.20 bits per heavy atom. The molecular weight excluding hydrogens is 262 g/mol. The van der Waals surface area contributed by atoms with Crippen LogP contribution in [-0.2, 0) is 16.0 Å². The lowest BCUT2D eigenvalue weighted by molar-refractivity contribution is -0.141. The minimum atomic E-state index is -1.05. The molecule has 1 aromatic rings. The van der Waals surface area contributed by atoms with Gasteiger partial charge >= 0.3 is 5.97 Å². The molecule has 0 saturated heterocycles. The smallest absolute Gasteiger partial charge is 0.325 e. The van der Waals surface area contributed by atoms with Gasteiger partial charge in [0.05, 0.1) is 14.2 Å². The normalized spacial score (nSPS) is 11.6. The molecule has 110 valence electrons. The summed E-state index contributed by atoms with van der Waals surface area (Å²) in [6.07, 6.45) is 0.680. The molecule has 1 amide bonds. The number of aliphatic carboxylic acids is 1. The fourth-order valence-corrected chi connectivity index (χ4v) is 1.64. The quantitative estimate of drug-likeness (QED) is 0.785. The Morgan fingerprint density at radius 2 is 1.75 bits per heavy atom. The minimum absolute atomic E-state index is 0.202. The van der Waals surface area contributed by atoms with Crippen molar-refractivity contribution in [2.45, 2.75) is 25.8 Å². The highest BCUT2D eigenvalue weighted by Crippen LogP contribution is 2.23. The van der Waals surface area contributed by atoms with Crippen LogP contribution in [0.3, 0.4) is 0 Å². The lowest BCUT2D eigenvalue weighted by atomic mass is 10.1. The molecular formula is C14H19NO5. The van der Waals surface area contributed by atoms with Crippen molar-refractivity contribution in [1.29, 1.82) is 0 Å². The van der Waals surface area contributed by atoms with Gasteiger partial charge in [-0.1, -0.05) is 0 Å². The molecule has 6 nitrogen and oxygen atoms in total. The maximum atomic E-state index is 11.6. The van der Waals surface area contributed by atoms with E-state index in [1.54, 1.807) is 20.3 Å². The topological polar surface area (TPSA) is 84.9 Å². The molecule has 0 bridgehead atoms. The maximum absolute atomic E-state index is 11.6. The number of methoxy groups -OCH3 is 2. The predicted molar refractivity (Wildman–Crippen MR) is 73.1 cm³/mol. The number of amides is 1. The van der Waals surface area contributed by atoms with E-state index in [4.69, 9.17) is 14.6 Å². The number of benzene rings is 1. The number of carboxylic acid groups (broad SMARTS) is 1. The Balaban J connectivity index is 2.60. The molecule has 0 aliphatic heterocycles. The van der Waals surface area contributed by atoms with Gasteiger partial charge in [0.2, 0.25) is 5.91 Å². The van der Waals surface area contributed by atoms with Crippen molar-refractivity contribution >= 4 is 11.9 Å². The number of aryl methyl sites for hydroxylation is 1. The molecule has 0 saturated carbocycles. The van der Waals surface area contributed by atoms with Crippen LogP contribution >= 0.6 is 0 Å². The molecule has 0 aliphatic rings. The lowest BCUT2D eigenvalue weighted by Crippen LogP contribution is -2.38. The van der Waals surface area contributed by atoms with E-state index in [0.717, 1.165) is 5.56 Å². The zero-order chi connectivity index (χ0) is 15.1. The Bertz CT molecular complexity index is 464. The fraction of sp³-hybridized carbons (Fsp3) is 0.429. The third kappa shape index (κ3) is 4.79. The van der Waals surface area contributed by atoms with Gasteiger partial charge in [0.1, 0.15) is 17.5 Å². The molecule has 1 rings (SSSR count). The van der Waals surface area contributed by atoms with Gasteiger partial charge < -0.3 is 19.9 Å². The third-order valence-electron chi connectivity index (χ3n) is 2.80. The maximum Gasteiger partial charge on any atom is 0.325 e. The average Bonchev–Trinajstić information content (AvgIpc) is 2.44. The van der Waals surface area contributed by atoms with Gasteiger partial charge in [0, 0.05) is 12.5 Å². The predicted octanol–water partition coefficient (Wildman–Crippen LogP) is 1.23. The van der Waals surface area contributed by atoms with E-state index in [9.17, 15) is 9.59 Å². The van der Waals surface area contributed by atoms with Gasteiger partial charge in [-0.15, -0.1) is 0 Å². The van der Waals surface area contributed by atoms with Gasteiger partial charge in [0.15, 0.2) is 0 Å². The molecule has 0 aliphatic carbocycles. The van der Waals surface area contributed by atoms with Crippen LogP contribution in [0.5, 0.6) is 11.5 Å². The Hall–Kier alpha value is -2.24. The highest BCUT2D eigenvalue weighted by Gasteiger charge is 2.13. The van der Waals surface area contributed by atoms with Crippen LogP contribution in [-0.4, -0.2) is 37.2 Å². The highest BCUT2D eigenvalue weighted by molar-refractivity contribution is 5.83. The van der Waals surface area contributed by atoms with Gasteiger partial charge in [-0.25, -0.2) is 0 Å². The molecule has 0 aromatic heterocycles. The van der Waals surface area contributed by atoms with Crippen molar-refractivity contribution in [2.24, 2.45) is 0 Å². The molecule has 0 spiro atoms. The Kier molecular flexibility index (Phi) is 5.83. The number of carboxylic acids is 1. The second-order valence-electron chi connectivity index (χ2n) is 4.35. The summed E-state index contributed by atoms with van der Waals surface area (Å²) in [5.41, 5.74) is 0.888. The largest absolute Gasteiger partial charge is 0.497 e. The second kappa shape index (κ2) is 7.37. The van der Waals surface area contributed by atoms with Crippen molar-refractivity contribution in [1.82, 2.24) is 5.32 Å². The molecule has 0 radical (unpaired) electrons. The highest BCUT2D eigenvalue weighted by atomic mass is 16.5. The van der Waals surface area contributed by atoms with E-state index < -0.39 is 12.0 Å². The van der Waals surface area contributed by atoms with E-state index >= 15 is 0 Å². The summed E-state index contributed by atoms with van der Waals surface area (Å²) in [5, 5.41) is 11.1. The second-order valence-corrected chi connectivity index (χ2v) is 4.35. The summed E-state index contributed by atoms with van der Waals surface area (Å²) < 4.78 is 10.3. The van der Waals surface area contributed by atoms with Crippen LogP contribution in [0, 0.1) is 0 Å². The zero-order valence-electron chi connectivity index (χ0n) is 11.8. The molecule has 1 atom stereocenters. The number of nitrogens with one attached hydrogen (secondary N) is 1. The fourth-order valence-electron chi connectivity index (χ4n) is 1.64. The molecule has 1 unspecified atom stereocenters. The van der Waals surface area contributed by atoms with Gasteiger partial charge in [-0.2, -0.15) is 0 Å². The third-order valence-corrected chi connectivity index (χ3v) is 2.80.